The van der Waals surface area contributed by atoms with Gasteiger partial charge in [0.15, 0.2) is 6.10 Å². The quantitative estimate of drug-likeness (QED) is 0.0146. The maximum Gasteiger partial charge on any atom is 0.472 e. The highest BCUT2D eigenvalue weighted by Gasteiger charge is 2.29. The van der Waals surface area contributed by atoms with Crippen molar-refractivity contribution < 1.29 is 75.8 Å². The maximum atomic E-state index is 13.0. The summed E-state index contributed by atoms with van der Waals surface area (Å²) in [6, 6.07) is 0. The lowest BCUT2D eigenvalue weighted by Gasteiger charge is -2.21. The molecule has 0 aliphatic heterocycles. The molecule has 0 heterocycles. The summed E-state index contributed by atoms with van der Waals surface area (Å²) in [6.45, 7) is 2.28. The number of hydrogen-bond donors (Lipinski definition) is 4. The van der Waals surface area contributed by atoms with Gasteiger partial charge in [0.05, 0.1) is 26.4 Å². The largest absolute Gasteiger partial charge is 0.472 e. The summed E-state index contributed by atoms with van der Waals surface area (Å²) in [5.41, 5.74) is 0. The number of unbranched alkanes of at least 4 members (excludes halogenated alkanes) is 17. The molecule has 0 aliphatic rings. The second kappa shape index (κ2) is 74.4. The number of hydrogen-bond acceptors (Lipinski definition) is 14. The molecule has 101 heavy (non-hydrogen) atoms. The Morgan fingerprint density at radius 1 is 0.287 bits per heavy atom. The first-order valence-corrected chi connectivity index (χ1v) is 41.1. The van der Waals surface area contributed by atoms with Crippen molar-refractivity contribution in [1.82, 2.24) is 0 Å². The minimum atomic E-state index is -4.96. The molecule has 0 aromatic carbocycles. The van der Waals surface area contributed by atoms with Gasteiger partial charge >= 0.3 is 33.6 Å². The monoisotopic (exact) mass is 1450 g/mol. The summed E-state index contributed by atoms with van der Waals surface area (Å²) >= 11 is 0. The topological polar surface area (TPSA) is 231 Å². The van der Waals surface area contributed by atoms with Crippen LogP contribution in [0, 0.1) is 0 Å². The van der Waals surface area contributed by atoms with Crippen molar-refractivity contribution in [2.45, 2.75) is 283 Å². The Balaban J connectivity index is 4.71. The van der Waals surface area contributed by atoms with E-state index in [-0.39, 0.29) is 19.3 Å². The van der Waals surface area contributed by atoms with Gasteiger partial charge in [-0.2, -0.15) is 0 Å². The van der Waals surface area contributed by atoms with Crippen molar-refractivity contribution in [2.24, 2.45) is 0 Å². The number of ether oxygens (including phenoxy) is 3. The van der Waals surface area contributed by atoms with E-state index in [1.54, 1.807) is 0 Å². The molecule has 0 saturated carbocycles. The molecule has 18 heteroatoms. The van der Waals surface area contributed by atoms with Gasteiger partial charge in [-0.05, 0) is 148 Å². The molecule has 0 saturated heterocycles. The predicted molar refractivity (Wildman–Crippen MR) is 417 cm³/mol. The standard InChI is InChI=1S/C83H134O16P2/c1-4-7-10-13-16-19-22-25-28-31-34-35-36-37-38-39-40-41-44-46-48-51-54-57-60-63-66-69-81(86)93-72-78(84)73-95-100(89,90)96-74-79(85)75-97-101(91,92)98-77-80(99-83(88)71-68-65-62-59-56-53-50-47-43-33-30-27-24-21-18-15-12-9-6-3)76-94-82(87)70-67-64-61-58-55-52-49-45-42-32-29-26-23-20-17-14-11-8-5-2/h7-8,10-11,16-21,25-30,34-35,37-38,40-43,45,47,52,55,61,64,78-80,84-85H,4-6,9,12-15,22-24,31-33,36,39,44,46,48-51,53-54,56-60,62-63,65-77H2,1-3H3,(H,89,90)(H,91,92)/b10-7-,11-8-,19-16-,20-17-,21-18-,28-25-,29-26-,30-27-,35-34-,38-37-,41-40-,45-42-,47-43-,55-52-,64-61-. The van der Waals surface area contributed by atoms with Gasteiger partial charge in [0.2, 0.25) is 0 Å². The minimum absolute atomic E-state index is 0.0354. The van der Waals surface area contributed by atoms with Gasteiger partial charge in [-0.1, -0.05) is 280 Å². The van der Waals surface area contributed by atoms with E-state index in [4.69, 9.17) is 32.3 Å². The van der Waals surface area contributed by atoms with Gasteiger partial charge in [0.1, 0.15) is 25.4 Å². The fourth-order valence-corrected chi connectivity index (χ4v) is 11.0. The number of allylic oxidation sites excluding steroid dienone is 30. The van der Waals surface area contributed by atoms with Crippen LogP contribution >= 0.6 is 15.6 Å². The molecule has 5 atom stereocenters. The molecule has 0 fully saturated rings. The number of aliphatic hydroxyl groups excluding tert-OH is 2. The van der Waals surface area contributed by atoms with Crippen LogP contribution in [0.3, 0.4) is 0 Å². The molecular weight excluding hydrogens is 1310 g/mol. The third-order valence-corrected chi connectivity index (χ3v) is 17.0. The molecule has 0 amide bonds. The number of phosphoric acid groups is 2. The van der Waals surface area contributed by atoms with Crippen molar-refractivity contribution in [1.29, 1.82) is 0 Å². The lowest BCUT2D eigenvalue weighted by atomic mass is 10.1. The lowest BCUT2D eigenvalue weighted by molar-refractivity contribution is -0.161. The van der Waals surface area contributed by atoms with Crippen LogP contribution in [0.1, 0.15) is 265 Å². The normalized spacial score (nSPS) is 15.0. The SMILES string of the molecule is CC/C=C\C/C=C\C/C=C\C/C=C\C/C=C\C/C=C\CCCCCCCCCCC(=O)OCC(O)COP(=O)(O)OCC(O)COP(=O)(O)OCC(COC(=O)CC/C=C\C/C=C\C/C=C\C/C=C\C/C=C\C/C=C\CC)OC(=O)CCCCCCCC/C=C\C/C=C\C/C=C\CCCCC. The maximum absolute atomic E-state index is 13.0. The third kappa shape index (κ3) is 75.6. The van der Waals surface area contributed by atoms with E-state index in [2.05, 4.69) is 185 Å². The first kappa shape index (κ1) is 95.6. The fraction of sp³-hybridized carbons (Fsp3) is 0.602. The lowest BCUT2D eigenvalue weighted by Crippen LogP contribution is -2.30. The van der Waals surface area contributed by atoms with E-state index in [1.807, 2.05) is 18.2 Å². The number of esters is 3. The average Bonchev–Trinajstić information content (AvgIpc) is 3.19. The highest BCUT2D eigenvalue weighted by atomic mass is 31.2. The Labute approximate surface area is 611 Å². The van der Waals surface area contributed by atoms with Gasteiger partial charge < -0.3 is 34.2 Å². The van der Waals surface area contributed by atoms with E-state index in [1.165, 1.54) is 38.5 Å². The molecule has 0 rings (SSSR count). The van der Waals surface area contributed by atoms with Crippen LogP contribution in [0.2, 0.25) is 0 Å². The van der Waals surface area contributed by atoms with Gasteiger partial charge in [-0.3, -0.25) is 32.5 Å². The Bertz CT molecular complexity index is 2570. The number of carbonyl (C=O) groups is 3. The number of carbonyl (C=O) groups excluding carboxylic acids is 3. The smallest absolute Gasteiger partial charge is 0.463 e. The van der Waals surface area contributed by atoms with E-state index in [0.717, 1.165) is 161 Å². The summed E-state index contributed by atoms with van der Waals surface area (Å²) < 4.78 is 61.0. The van der Waals surface area contributed by atoms with E-state index >= 15 is 0 Å². The van der Waals surface area contributed by atoms with Crippen LogP contribution < -0.4 is 0 Å². The molecule has 0 radical (unpaired) electrons. The zero-order chi connectivity index (χ0) is 73.7. The van der Waals surface area contributed by atoms with Crippen molar-refractivity contribution in [3.8, 4) is 0 Å². The van der Waals surface area contributed by atoms with Gasteiger partial charge in [0, 0.05) is 19.3 Å². The van der Waals surface area contributed by atoms with Gasteiger partial charge in [-0.15, -0.1) is 0 Å². The van der Waals surface area contributed by atoms with E-state index < -0.39 is 91.5 Å². The fourth-order valence-electron chi connectivity index (χ4n) is 9.37. The molecule has 0 aliphatic carbocycles. The molecule has 0 aromatic rings. The Morgan fingerprint density at radius 3 is 0.891 bits per heavy atom. The van der Waals surface area contributed by atoms with Gasteiger partial charge in [0.25, 0.3) is 0 Å². The molecule has 5 unspecified atom stereocenters. The van der Waals surface area contributed by atoms with Crippen LogP contribution in [0.4, 0.5) is 0 Å². The second-order valence-electron chi connectivity index (χ2n) is 24.7. The third-order valence-electron chi connectivity index (χ3n) is 15.1. The molecular formula is C83H134O16P2. The van der Waals surface area contributed by atoms with Crippen molar-refractivity contribution in [2.75, 3.05) is 39.6 Å². The predicted octanol–water partition coefficient (Wildman–Crippen LogP) is 22.2. The Hall–Kier alpha value is -5.35. The number of aliphatic hydroxyl groups is 2. The summed E-state index contributed by atoms with van der Waals surface area (Å²) in [4.78, 5) is 58.6. The van der Waals surface area contributed by atoms with Crippen molar-refractivity contribution >= 4 is 33.6 Å². The molecule has 0 bridgehead atoms. The van der Waals surface area contributed by atoms with Crippen LogP contribution in [-0.2, 0) is 55.8 Å². The minimum Gasteiger partial charge on any atom is -0.463 e. The zero-order valence-corrected chi connectivity index (χ0v) is 64.0. The van der Waals surface area contributed by atoms with Crippen LogP contribution in [0.15, 0.2) is 182 Å². The number of phosphoric ester groups is 2. The van der Waals surface area contributed by atoms with E-state index in [9.17, 15) is 43.5 Å². The highest BCUT2D eigenvalue weighted by Crippen LogP contribution is 2.45. The second-order valence-corrected chi connectivity index (χ2v) is 27.6. The first-order chi connectivity index (χ1) is 49.2. The Morgan fingerprint density at radius 2 is 0.545 bits per heavy atom. The van der Waals surface area contributed by atoms with Crippen LogP contribution in [0.5, 0.6) is 0 Å². The summed E-state index contributed by atoms with van der Waals surface area (Å²) in [7, 11) is -9.83. The zero-order valence-electron chi connectivity index (χ0n) is 62.2. The van der Waals surface area contributed by atoms with Crippen molar-refractivity contribution in [3.05, 3.63) is 182 Å². The van der Waals surface area contributed by atoms with Gasteiger partial charge in [-0.25, -0.2) is 9.13 Å². The van der Waals surface area contributed by atoms with Crippen LogP contribution in [0.25, 0.3) is 0 Å². The molecule has 4 N–H and O–H groups in total. The van der Waals surface area contributed by atoms with Crippen LogP contribution in [-0.4, -0.2) is 95.9 Å². The Kier molecular flexibility index (Phi) is 70.4. The molecule has 572 valence electrons. The molecule has 0 spiro atoms. The molecule has 0 aromatic heterocycles. The average molecular weight is 1450 g/mol. The molecule has 16 nitrogen and oxygen atoms in total. The summed E-state index contributed by atoms with van der Waals surface area (Å²) in [6.07, 6.45) is 95.2. The van der Waals surface area contributed by atoms with E-state index in [0.29, 0.717) is 25.7 Å². The highest BCUT2D eigenvalue weighted by molar-refractivity contribution is 7.47. The number of rotatable bonds is 70. The summed E-state index contributed by atoms with van der Waals surface area (Å²) in [5, 5.41) is 20.6. The first-order valence-electron chi connectivity index (χ1n) is 38.1. The van der Waals surface area contributed by atoms with Crippen molar-refractivity contribution in [3.63, 3.8) is 0 Å². The summed E-state index contributed by atoms with van der Waals surface area (Å²) in [5.74, 6) is -1.71.